The normalized spacial score (nSPS) is 15.0. The Hall–Kier alpha value is -0.130. The standard InChI is InChI=1S/C13H23ClN2OS/c1-4-10(2)16(7-8-17-3)11(9-15)12-5-6-13(14)18-12/h5-6,10-11H,4,7-9,15H2,1-3H3. The average Bonchev–Trinajstić information content (AvgIpc) is 2.80. The summed E-state index contributed by atoms with van der Waals surface area (Å²) in [6, 6.07) is 4.73. The Balaban J connectivity index is 2.85. The lowest BCUT2D eigenvalue weighted by Gasteiger charge is -2.35. The zero-order valence-electron chi connectivity index (χ0n) is 11.4. The second-order valence-electron chi connectivity index (χ2n) is 4.38. The lowest BCUT2D eigenvalue weighted by molar-refractivity contribution is 0.0915. The van der Waals surface area contributed by atoms with Crippen molar-refractivity contribution < 1.29 is 4.74 Å². The Labute approximate surface area is 119 Å². The van der Waals surface area contributed by atoms with E-state index in [0.29, 0.717) is 12.6 Å². The molecule has 0 spiro atoms. The third-order valence-corrected chi connectivity index (χ3v) is 4.59. The smallest absolute Gasteiger partial charge is 0.0931 e. The third kappa shape index (κ3) is 4.21. The van der Waals surface area contributed by atoms with Gasteiger partial charge in [-0.1, -0.05) is 18.5 Å². The maximum atomic E-state index is 6.02. The van der Waals surface area contributed by atoms with Crippen molar-refractivity contribution in [2.75, 3.05) is 26.8 Å². The van der Waals surface area contributed by atoms with Crippen LogP contribution >= 0.6 is 22.9 Å². The van der Waals surface area contributed by atoms with Crippen molar-refractivity contribution in [3.63, 3.8) is 0 Å². The Morgan fingerprint density at radius 2 is 2.22 bits per heavy atom. The molecule has 5 heteroatoms. The number of rotatable bonds is 8. The molecule has 0 amide bonds. The Morgan fingerprint density at radius 1 is 1.50 bits per heavy atom. The Morgan fingerprint density at radius 3 is 2.67 bits per heavy atom. The van der Waals surface area contributed by atoms with E-state index in [0.717, 1.165) is 23.9 Å². The van der Waals surface area contributed by atoms with Gasteiger partial charge in [0.1, 0.15) is 0 Å². The van der Waals surface area contributed by atoms with Gasteiger partial charge in [0.15, 0.2) is 0 Å². The molecule has 1 heterocycles. The number of ether oxygens (including phenoxy) is 1. The van der Waals surface area contributed by atoms with Crippen LogP contribution in [0.2, 0.25) is 4.34 Å². The Bertz CT molecular complexity index is 345. The van der Waals surface area contributed by atoms with Crippen LogP contribution in [0.15, 0.2) is 12.1 Å². The minimum absolute atomic E-state index is 0.229. The van der Waals surface area contributed by atoms with E-state index in [1.54, 1.807) is 18.4 Å². The first-order chi connectivity index (χ1) is 8.63. The maximum Gasteiger partial charge on any atom is 0.0931 e. The van der Waals surface area contributed by atoms with Crippen molar-refractivity contribution >= 4 is 22.9 Å². The van der Waals surface area contributed by atoms with Gasteiger partial charge in [-0.25, -0.2) is 0 Å². The van der Waals surface area contributed by atoms with E-state index in [4.69, 9.17) is 22.1 Å². The summed E-state index contributed by atoms with van der Waals surface area (Å²) in [4.78, 5) is 3.64. The summed E-state index contributed by atoms with van der Waals surface area (Å²) in [5.74, 6) is 0. The SMILES string of the molecule is CCC(C)N(CCOC)C(CN)c1ccc(Cl)s1. The number of thiophene rings is 1. The van der Waals surface area contributed by atoms with Crippen molar-refractivity contribution in [3.05, 3.63) is 21.3 Å². The van der Waals surface area contributed by atoms with Crippen molar-refractivity contribution in [1.29, 1.82) is 0 Å². The molecule has 0 saturated heterocycles. The molecular formula is C13H23ClN2OS. The molecule has 2 atom stereocenters. The van der Waals surface area contributed by atoms with Gasteiger partial charge in [0.2, 0.25) is 0 Å². The first-order valence-electron chi connectivity index (χ1n) is 6.34. The summed E-state index contributed by atoms with van der Waals surface area (Å²) < 4.78 is 6.02. The molecule has 1 rings (SSSR count). The first-order valence-corrected chi connectivity index (χ1v) is 7.53. The lowest BCUT2D eigenvalue weighted by atomic mass is 10.1. The molecule has 104 valence electrons. The van der Waals surface area contributed by atoms with Crippen LogP contribution in [0.4, 0.5) is 0 Å². The second kappa shape index (κ2) is 8.12. The fourth-order valence-electron chi connectivity index (χ4n) is 2.04. The molecule has 1 aromatic rings. The van der Waals surface area contributed by atoms with Gasteiger partial charge in [0.05, 0.1) is 17.0 Å². The molecule has 2 unspecified atom stereocenters. The highest BCUT2D eigenvalue weighted by atomic mass is 35.5. The number of nitrogens with two attached hydrogens (primary N) is 1. The molecule has 0 saturated carbocycles. The van der Waals surface area contributed by atoms with Crippen molar-refractivity contribution in [1.82, 2.24) is 4.90 Å². The molecule has 0 aromatic carbocycles. The molecule has 18 heavy (non-hydrogen) atoms. The molecule has 0 fully saturated rings. The van der Waals surface area contributed by atoms with Gasteiger partial charge in [-0.3, -0.25) is 4.90 Å². The molecular weight excluding hydrogens is 268 g/mol. The largest absolute Gasteiger partial charge is 0.383 e. The van der Waals surface area contributed by atoms with Gasteiger partial charge in [-0.15, -0.1) is 11.3 Å². The highest BCUT2D eigenvalue weighted by molar-refractivity contribution is 7.16. The van der Waals surface area contributed by atoms with Crippen LogP contribution < -0.4 is 5.73 Å². The van der Waals surface area contributed by atoms with Crippen molar-refractivity contribution in [2.45, 2.75) is 32.4 Å². The highest BCUT2D eigenvalue weighted by Gasteiger charge is 2.24. The summed E-state index contributed by atoms with van der Waals surface area (Å²) in [7, 11) is 1.73. The van der Waals surface area contributed by atoms with Crippen molar-refractivity contribution in [3.8, 4) is 0 Å². The van der Waals surface area contributed by atoms with Crippen LogP contribution in [0, 0.1) is 0 Å². The van der Waals surface area contributed by atoms with Gasteiger partial charge in [-0.05, 0) is 25.5 Å². The zero-order valence-corrected chi connectivity index (χ0v) is 12.9. The van der Waals surface area contributed by atoms with E-state index < -0.39 is 0 Å². The molecule has 0 bridgehead atoms. The van der Waals surface area contributed by atoms with Gasteiger partial charge in [0.25, 0.3) is 0 Å². The van der Waals surface area contributed by atoms with Crippen LogP contribution in [-0.4, -0.2) is 37.7 Å². The summed E-state index contributed by atoms with van der Waals surface area (Å²) in [5, 5.41) is 0. The molecule has 0 aliphatic rings. The molecule has 0 radical (unpaired) electrons. The van der Waals surface area contributed by atoms with Crippen LogP contribution in [0.5, 0.6) is 0 Å². The van der Waals surface area contributed by atoms with E-state index in [2.05, 4.69) is 24.8 Å². The minimum Gasteiger partial charge on any atom is -0.383 e. The predicted octanol–water partition coefficient (Wildman–Crippen LogP) is 3.15. The van der Waals surface area contributed by atoms with E-state index in [1.807, 2.05) is 6.07 Å². The van der Waals surface area contributed by atoms with Crippen molar-refractivity contribution in [2.24, 2.45) is 5.73 Å². The maximum absolute atomic E-state index is 6.02. The number of hydrogen-bond acceptors (Lipinski definition) is 4. The fraction of sp³-hybridized carbons (Fsp3) is 0.692. The number of hydrogen-bond donors (Lipinski definition) is 1. The first kappa shape index (κ1) is 15.9. The van der Waals surface area contributed by atoms with E-state index in [1.165, 1.54) is 4.88 Å². The summed E-state index contributed by atoms with van der Waals surface area (Å²) in [5.41, 5.74) is 5.96. The zero-order chi connectivity index (χ0) is 13.5. The van der Waals surface area contributed by atoms with E-state index in [-0.39, 0.29) is 6.04 Å². The van der Waals surface area contributed by atoms with Crippen LogP contribution in [0.1, 0.15) is 31.2 Å². The molecule has 1 aromatic heterocycles. The number of nitrogens with zero attached hydrogens (tertiary/aromatic N) is 1. The third-order valence-electron chi connectivity index (χ3n) is 3.26. The fourth-order valence-corrected chi connectivity index (χ4v) is 3.23. The molecule has 0 aliphatic carbocycles. The monoisotopic (exact) mass is 290 g/mol. The number of halogens is 1. The quantitative estimate of drug-likeness (QED) is 0.799. The average molecular weight is 291 g/mol. The highest BCUT2D eigenvalue weighted by Crippen LogP contribution is 2.31. The molecule has 2 N–H and O–H groups in total. The van der Waals surface area contributed by atoms with Gasteiger partial charge in [-0.2, -0.15) is 0 Å². The summed E-state index contributed by atoms with van der Waals surface area (Å²) >= 11 is 7.63. The summed E-state index contributed by atoms with van der Waals surface area (Å²) in [6.07, 6.45) is 1.10. The minimum atomic E-state index is 0.229. The van der Waals surface area contributed by atoms with Gasteiger partial charge < -0.3 is 10.5 Å². The van der Waals surface area contributed by atoms with E-state index in [9.17, 15) is 0 Å². The lowest BCUT2D eigenvalue weighted by Crippen LogP contribution is -2.41. The van der Waals surface area contributed by atoms with Gasteiger partial charge >= 0.3 is 0 Å². The molecule has 3 nitrogen and oxygen atoms in total. The van der Waals surface area contributed by atoms with Crippen LogP contribution in [0.3, 0.4) is 0 Å². The van der Waals surface area contributed by atoms with Crippen LogP contribution in [0.25, 0.3) is 0 Å². The Kier molecular flexibility index (Phi) is 7.19. The summed E-state index contributed by atoms with van der Waals surface area (Å²) in [6.45, 7) is 6.64. The van der Waals surface area contributed by atoms with E-state index >= 15 is 0 Å². The van der Waals surface area contributed by atoms with Gasteiger partial charge in [0, 0.05) is 31.1 Å². The molecule has 0 aliphatic heterocycles. The predicted molar refractivity (Wildman–Crippen MR) is 79.5 cm³/mol. The number of methoxy groups -OCH3 is 1. The second-order valence-corrected chi connectivity index (χ2v) is 6.13. The van der Waals surface area contributed by atoms with Crippen LogP contribution in [-0.2, 0) is 4.74 Å². The topological polar surface area (TPSA) is 38.5 Å².